The number of ether oxygens (including phenoxy) is 1. The van der Waals surface area contributed by atoms with Gasteiger partial charge in [-0.1, -0.05) is 0 Å². The Bertz CT molecular complexity index is 295. The van der Waals surface area contributed by atoms with E-state index in [1.54, 1.807) is 0 Å². The van der Waals surface area contributed by atoms with Crippen LogP contribution >= 0.6 is 0 Å². The Morgan fingerprint density at radius 1 is 1.64 bits per heavy atom. The molecule has 1 aliphatic rings. The third-order valence-corrected chi connectivity index (χ3v) is 2.45. The van der Waals surface area contributed by atoms with Crippen molar-refractivity contribution in [1.82, 2.24) is 4.98 Å². The smallest absolute Gasteiger partial charge is 0.0748 e. The molecule has 0 spiro atoms. The molecule has 1 fully saturated rings. The summed E-state index contributed by atoms with van der Waals surface area (Å²) >= 11 is 0. The van der Waals surface area contributed by atoms with Gasteiger partial charge in [0.05, 0.1) is 6.10 Å². The van der Waals surface area contributed by atoms with Gasteiger partial charge in [-0.3, -0.25) is 4.98 Å². The lowest BCUT2D eigenvalue weighted by Crippen LogP contribution is -2.18. The molecule has 0 radical (unpaired) electrons. The first-order chi connectivity index (χ1) is 6.84. The van der Waals surface area contributed by atoms with E-state index in [0.29, 0.717) is 6.10 Å². The molecule has 1 saturated heterocycles. The molecule has 0 bridgehead atoms. The summed E-state index contributed by atoms with van der Waals surface area (Å²) in [5.74, 6) is 0. The summed E-state index contributed by atoms with van der Waals surface area (Å²) in [5, 5.41) is 3.36. The summed E-state index contributed by atoms with van der Waals surface area (Å²) in [5.41, 5.74) is 2.18. The van der Waals surface area contributed by atoms with Crippen molar-refractivity contribution in [2.24, 2.45) is 0 Å². The molecular formula is C11H16N2O. The van der Waals surface area contributed by atoms with Gasteiger partial charge >= 0.3 is 0 Å². The van der Waals surface area contributed by atoms with Crippen LogP contribution < -0.4 is 5.32 Å². The number of pyridine rings is 1. The second-order valence-electron chi connectivity index (χ2n) is 3.70. The standard InChI is InChI=1S/C11H16N2O/c1-9-7-10(4-5-12-9)13-8-11-3-2-6-14-11/h4-5,7,11H,2-3,6,8H2,1H3,(H,12,13). The molecular weight excluding hydrogens is 176 g/mol. The number of rotatable bonds is 3. The van der Waals surface area contributed by atoms with Crippen LogP contribution in [0, 0.1) is 6.92 Å². The van der Waals surface area contributed by atoms with Gasteiger partial charge < -0.3 is 10.1 Å². The zero-order valence-corrected chi connectivity index (χ0v) is 8.49. The Kier molecular flexibility index (Phi) is 2.99. The fourth-order valence-corrected chi connectivity index (χ4v) is 1.69. The number of hydrogen-bond donors (Lipinski definition) is 1. The molecule has 1 N–H and O–H groups in total. The maximum absolute atomic E-state index is 5.53. The van der Waals surface area contributed by atoms with Crippen LogP contribution in [0.2, 0.25) is 0 Å². The van der Waals surface area contributed by atoms with Crippen molar-refractivity contribution in [2.45, 2.75) is 25.9 Å². The highest BCUT2D eigenvalue weighted by Crippen LogP contribution is 2.13. The minimum absolute atomic E-state index is 0.392. The molecule has 76 valence electrons. The monoisotopic (exact) mass is 192 g/mol. The van der Waals surface area contributed by atoms with Crippen molar-refractivity contribution in [1.29, 1.82) is 0 Å². The Hall–Kier alpha value is -1.09. The van der Waals surface area contributed by atoms with Crippen molar-refractivity contribution in [3.8, 4) is 0 Å². The van der Waals surface area contributed by atoms with E-state index in [1.807, 2.05) is 19.2 Å². The van der Waals surface area contributed by atoms with E-state index in [9.17, 15) is 0 Å². The molecule has 3 heteroatoms. The normalized spacial score (nSPS) is 21.1. The topological polar surface area (TPSA) is 34.1 Å². The highest BCUT2D eigenvalue weighted by Gasteiger charge is 2.14. The SMILES string of the molecule is Cc1cc(NCC2CCCO2)ccn1. The molecule has 2 rings (SSSR count). The first-order valence-corrected chi connectivity index (χ1v) is 5.13. The molecule has 14 heavy (non-hydrogen) atoms. The van der Waals surface area contributed by atoms with Crippen molar-refractivity contribution < 1.29 is 4.74 Å². The molecule has 0 aromatic carbocycles. The maximum Gasteiger partial charge on any atom is 0.0748 e. The first kappa shape index (κ1) is 9.46. The first-order valence-electron chi connectivity index (χ1n) is 5.13. The molecule has 1 atom stereocenters. The van der Waals surface area contributed by atoms with Gasteiger partial charge in [0.25, 0.3) is 0 Å². The molecule has 2 heterocycles. The quantitative estimate of drug-likeness (QED) is 0.795. The van der Waals surface area contributed by atoms with Crippen LogP contribution in [0.5, 0.6) is 0 Å². The van der Waals surface area contributed by atoms with Crippen molar-refractivity contribution in [3.05, 3.63) is 24.0 Å². The number of aromatic nitrogens is 1. The molecule has 1 aromatic heterocycles. The third kappa shape index (κ3) is 2.45. The Labute approximate surface area is 84.5 Å². The average molecular weight is 192 g/mol. The average Bonchev–Trinajstić information content (AvgIpc) is 2.67. The van der Waals surface area contributed by atoms with Gasteiger partial charge in [0.1, 0.15) is 0 Å². The summed E-state index contributed by atoms with van der Waals surface area (Å²) < 4.78 is 5.53. The summed E-state index contributed by atoms with van der Waals surface area (Å²) in [7, 11) is 0. The minimum atomic E-state index is 0.392. The number of hydrogen-bond acceptors (Lipinski definition) is 3. The van der Waals surface area contributed by atoms with Crippen molar-refractivity contribution >= 4 is 5.69 Å². The highest BCUT2D eigenvalue weighted by molar-refractivity contribution is 5.42. The predicted molar refractivity (Wildman–Crippen MR) is 56.4 cm³/mol. The highest BCUT2D eigenvalue weighted by atomic mass is 16.5. The molecule has 0 aliphatic carbocycles. The second-order valence-corrected chi connectivity index (χ2v) is 3.70. The Morgan fingerprint density at radius 3 is 3.29 bits per heavy atom. The lowest BCUT2D eigenvalue weighted by atomic mass is 10.2. The van der Waals surface area contributed by atoms with Crippen LogP contribution in [-0.4, -0.2) is 24.2 Å². The zero-order chi connectivity index (χ0) is 9.80. The summed E-state index contributed by atoms with van der Waals surface area (Å²) in [6, 6.07) is 4.04. The maximum atomic E-state index is 5.53. The van der Waals surface area contributed by atoms with Gasteiger partial charge in [0, 0.05) is 30.7 Å². The van der Waals surface area contributed by atoms with Gasteiger partial charge in [-0.15, -0.1) is 0 Å². The van der Waals surface area contributed by atoms with Gasteiger partial charge in [-0.25, -0.2) is 0 Å². The van der Waals surface area contributed by atoms with E-state index in [-0.39, 0.29) is 0 Å². The van der Waals surface area contributed by atoms with Gasteiger partial charge in [0.15, 0.2) is 0 Å². The van der Waals surface area contributed by atoms with Crippen molar-refractivity contribution in [2.75, 3.05) is 18.5 Å². The largest absolute Gasteiger partial charge is 0.382 e. The van der Waals surface area contributed by atoms with Crippen LogP contribution in [-0.2, 0) is 4.74 Å². The van der Waals surface area contributed by atoms with Crippen LogP contribution in [0.4, 0.5) is 5.69 Å². The molecule has 1 aliphatic heterocycles. The second kappa shape index (κ2) is 4.42. The number of nitrogens with zero attached hydrogens (tertiary/aromatic N) is 1. The van der Waals surface area contributed by atoms with Crippen LogP contribution in [0.15, 0.2) is 18.3 Å². The van der Waals surface area contributed by atoms with Crippen LogP contribution in [0.1, 0.15) is 18.5 Å². The van der Waals surface area contributed by atoms with Gasteiger partial charge in [-0.05, 0) is 31.9 Å². The minimum Gasteiger partial charge on any atom is -0.382 e. The zero-order valence-electron chi connectivity index (χ0n) is 8.49. The van der Waals surface area contributed by atoms with E-state index < -0.39 is 0 Å². The van der Waals surface area contributed by atoms with Gasteiger partial charge in [0.2, 0.25) is 0 Å². The molecule has 3 nitrogen and oxygen atoms in total. The molecule has 1 unspecified atom stereocenters. The number of aryl methyl sites for hydroxylation is 1. The lowest BCUT2D eigenvalue weighted by Gasteiger charge is -2.11. The van der Waals surface area contributed by atoms with E-state index in [4.69, 9.17) is 4.74 Å². The molecule has 0 saturated carbocycles. The van der Waals surface area contributed by atoms with E-state index in [1.165, 1.54) is 12.8 Å². The van der Waals surface area contributed by atoms with Crippen molar-refractivity contribution in [3.63, 3.8) is 0 Å². The van der Waals surface area contributed by atoms with Crippen LogP contribution in [0.3, 0.4) is 0 Å². The predicted octanol–water partition coefficient (Wildman–Crippen LogP) is 1.98. The Balaban J connectivity index is 1.85. The fourth-order valence-electron chi connectivity index (χ4n) is 1.69. The van der Waals surface area contributed by atoms with E-state index in [0.717, 1.165) is 24.5 Å². The van der Waals surface area contributed by atoms with Gasteiger partial charge in [-0.2, -0.15) is 0 Å². The summed E-state index contributed by atoms with van der Waals surface area (Å²) in [6.07, 6.45) is 4.59. The van der Waals surface area contributed by atoms with Crippen LogP contribution in [0.25, 0.3) is 0 Å². The summed E-state index contributed by atoms with van der Waals surface area (Å²) in [4.78, 5) is 4.15. The third-order valence-electron chi connectivity index (χ3n) is 2.45. The number of nitrogens with one attached hydrogen (secondary N) is 1. The number of anilines is 1. The Morgan fingerprint density at radius 2 is 2.57 bits per heavy atom. The van der Waals surface area contributed by atoms with E-state index >= 15 is 0 Å². The van der Waals surface area contributed by atoms with E-state index in [2.05, 4.69) is 16.4 Å². The summed E-state index contributed by atoms with van der Waals surface area (Å²) in [6.45, 7) is 3.82. The molecule has 1 aromatic rings. The lowest BCUT2D eigenvalue weighted by molar-refractivity contribution is 0.120. The molecule has 0 amide bonds. The fraction of sp³-hybridized carbons (Fsp3) is 0.545.